The predicted molar refractivity (Wildman–Crippen MR) is 91.7 cm³/mol. The first-order valence-electron chi connectivity index (χ1n) is 6.35. The Labute approximate surface area is 140 Å². The molecule has 7 heteroatoms. The van der Waals surface area contributed by atoms with Crippen molar-refractivity contribution >= 4 is 40.4 Å². The first-order chi connectivity index (χ1) is 10.5. The summed E-state index contributed by atoms with van der Waals surface area (Å²) in [6.07, 6.45) is 1.68. The number of hydrogen-bond acceptors (Lipinski definition) is 4. The van der Waals surface area contributed by atoms with Gasteiger partial charge in [0.1, 0.15) is 0 Å². The highest BCUT2D eigenvalue weighted by molar-refractivity contribution is 14.1. The molecular formula is C15H12IN3O3. The minimum Gasteiger partial charge on any atom is -0.273 e. The van der Waals surface area contributed by atoms with Crippen molar-refractivity contribution in [2.24, 2.45) is 5.10 Å². The van der Waals surface area contributed by atoms with E-state index in [0.717, 1.165) is 9.13 Å². The third kappa shape index (κ3) is 4.92. The Morgan fingerprint density at radius 1 is 1.27 bits per heavy atom. The van der Waals surface area contributed by atoms with Crippen molar-refractivity contribution in [1.29, 1.82) is 0 Å². The Balaban J connectivity index is 1.89. The van der Waals surface area contributed by atoms with Crippen molar-refractivity contribution in [3.63, 3.8) is 0 Å². The number of nitrogens with zero attached hydrogens (tertiary/aromatic N) is 2. The molecule has 0 saturated heterocycles. The van der Waals surface area contributed by atoms with Crippen molar-refractivity contribution in [3.8, 4) is 0 Å². The highest BCUT2D eigenvalue weighted by Crippen LogP contribution is 2.12. The number of rotatable bonds is 5. The van der Waals surface area contributed by atoms with Gasteiger partial charge in [0.15, 0.2) is 0 Å². The lowest BCUT2D eigenvalue weighted by atomic mass is 10.1. The molecule has 6 nitrogen and oxygen atoms in total. The van der Waals surface area contributed by atoms with Gasteiger partial charge in [-0.25, -0.2) is 5.43 Å². The molecule has 0 fully saturated rings. The molecule has 0 aliphatic rings. The SMILES string of the molecule is O=C(Cc1ccc([N+](=O)[O-])cc1)N/N=C\c1cccc(I)c1. The fourth-order valence-electron chi connectivity index (χ4n) is 1.73. The number of non-ortho nitro benzene ring substituents is 1. The summed E-state index contributed by atoms with van der Waals surface area (Å²) in [5, 5.41) is 14.4. The Morgan fingerprint density at radius 3 is 2.64 bits per heavy atom. The molecule has 0 heterocycles. The average molecular weight is 409 g/mol. The monoisotopic (exact) mass is 409 g/mol. The molecular weight excluding hydrogens is 397 g/mol. The standard InChI is InChI=1S/C15H12IN3O3/c16-13-3-1-2-12(8-13)10-17-18-15(20)9-11-4-6-14(7-5-11)19(21)22/h1-8,10H,9H2,(H,18,20)/b17-10-. The van der Waals surface area contributed by atoms with Crippen LogP contribution in [-0.4, -0.2) is 17.0 Å². The predicted octanol–water partition coefficient (Wildman–Crippen LogP) is 2.89. The molecule has 0 atom stereocenters. The zero-order valence-electron chi connectivity index (χ0n) is 11.4. The molecule has 0 aliphatic heterocycles. The molecule has 0 saturated carbocycles. The van der Waals surface area contributed by atoms with Gasteiger partial charge in [-0.1, -0.05) is 24.3 Å². The van der Waals surface area contributed by atoms with Crippen molar-refractivity contribution < 1.29 is 9.72 Å². The van der Waals surface area contributed by atoms with Gasteiger partial charge >= 0.3 is 0 Å². The van der Waals surface area contributed by atoms with E-state index >= 15 is 0 Å². The number of halogens is 1. The Hall–Kier alpha value is -2.29. The fourth-order valence-corrected chi connectivity index (χ4v) is 2.29. The van der Waals surface area contributed by atoms with E-state index in [0.29, 0.717) is 5.56 Å². The first kappa shape index (κ1) is 16.1. The van der Waals surface area contributed by atoms with Gasteiger partial charge in [0, 0.05) is 15.7 Å². The van der Waals surface area contributed by atoms with Gasteiger partial charge < -0.3 is 0 Å². The van der Waals surface area contributed by atoms with Crippen LogP contribution in [0.4, 0.5) is 5.69 Å². The molecule has 0 aromatic heterocycles. The van der Waals surface area contributed by atoms with E-state index in [1.165, 1.54) is 12.1 Å². The number of benzene rings is 2. The molecule has 0 spiro atoms. The second-order valence-corrected chi connectivity index (χ2v) is 5.69. The molecule has 1 amide bonds. The van der Waals surface area contributed by atoms with Crippen LogP contribution in [0.5, 0.6) is 0 Å². The van der Waals surface area contributed by atoms with Gasteiger partial charge in [-0.15, -0.1) is 0 Å². The van der Waals surface area contributed by atoms with Crippen LogP contribution >= 0.6 is 22.6 Å². The summed E-state index contributed by atoms with van der Waals surface area (Å²) in [5.41, 5.74) is 4.01. The van der Waals surface area contributed by atoms with Crippen LogP contribution in [-0.2, 0) is 11.2 Å². The van der Waals surface area contributed by atoms with E-state index < -0.39 is 4.92 Å². The minimum absolute atomic E-state index is 0.000796. The third-order valence-corrected chi connectivity index (χ3v) is 3.43. The smallest absolute Gasteiger partial charge is 0.269 e. The molecule has 0 unspecified atom stereocenters. The molecule has 112 valence electrons. The maximum atomic E-state index is 11.7. The summed E-state index contributed by atoms with van der Waals surface area (Å²) >= 11 is 2.20. The van der Waals surface area contributed by atoms with Crippen LogP contribution in [0.15, 0.2) is 53.6 Å². The van der Waals surface area contributed by atoms with E-state index in [2.05, 4.69) is 33.1 Å². The van der Waals surface area contributed by atoms with Gasteiger partial charge in [0.25, 0.3) is 5.69 Å². The van der Waals surface area contributed by atoms with E-state index in [1.54, 1.807) is 18.3 Å². The summed E-state index contributed by atoms with van der Waals surface area (Å²) in [4.78, 5) is 21.8. The first-order valence-corrected chi connectivity index (χ1v) is 7.43. The maximum Gasteiger partial charge on any atom is 0.269 e. The highest BCUT2D eigenvalue weighted by Gasteiger charge is 2.06. The second-order valence-electron chi connectivity index (χ2n) is 4.45. The van der Waals surface area contributed by atoms with Crippen LogP contribution in [0.3, 0.4) is 0 Å². The average Bonchev–Trinajstić information content (AvgIpc) is 2.48. The van der Waals surface area contributed by atoms with E-state index in [-0.39, 0.29) is 18.0 Å². The van der Waals surface area contributed by atoms with Crippen LogP contribution in [0.25, 0.3) is 0 Å². The fraction of sp³-hybridized carbons (Fsp3) is 0.0667. The van der Waals surface area contributed by atoms with E-state index in [9.17, 15) is 14.9 Å². The lowest BCUT2D eigenvalue weighted by molar-refractivity contribution is -0.384. The van der Waals surface area contributed by atoms with Gasteiger partial charge in [-0.2, -0.15) is 5.10 Å². The second kappa shape index (κ2) is 7.64. The van der Waals surface area contributed by atoms with E-state index in [1.807, 2.05) is 24.3 Å². The van der Waals surface area contributed by atoms with Crippen LogP contribution < -0.4 is 5.43 Å². The number of carbonyl (C=O) groups is 1. The molecule has 2 rings (SSSR count). The Morgan fingerprint density at radius 2 is 2.00 bits per heavy atom. The number of hydrazone groups is 1. The Bertz CT molecular complexity index is 714. The molecule has 22 heavy (non-hydrogen) atoms. The number of hydrogen-bond donors (Lipinski definition) is 1. The van der Waals surface area contributed by atoms with Crippen LogP contribution in [0.2, 0.25) is 0 Å². The normalized spacial score (nSPS) is 10.6. The number of carbonyl (C=O) groups excluding carboxylic acids is 1. The molecule has 2 aromatic carbocycles. The number of amides is 1. The van der Waals surface area contributed by atoms with Gasteiger partial charge in [0.05, 0.1) is 17.6 Å². The zero-order chi connectivity index (χ0) is 15.9. The molecule has 1 N–H and O–H groups in total. The Kier molecular flexibility index (Phi) is 5.59. The molecule has 0 radical (unpaired) electrons. The van der Waals surface area contributed by atoms with Crippen molar-refractivity contribution in [2.45, 2.75) is 6.42 Å². The topological polar surface area (TPSA) is 84.6 Å². The number of nitrogens with one attached hydrogen (secondary N) is 1. The van der Waals surface area contributed by atoms with Crippen LogP contribution in [0.1, 0.15) is 11.1 Å². The van der Waals surface area contributed by atoms with E-state index in [4.69, 9.17) is 0 Å². The summed E-state index contributed by atoms with van der Waals surface area (Å²) < 4.78 is 1.08. The zero-order valence-corrected chi connectivity index (χ0v) is 13.6. The quantitative estimate of drug-likeness (QED) is 0.357. The summed E-state index contributed by atoms with van der Waals surface area (Å²) in [7, 11) is 0. The van der Waals surface area contributed by atoms with Gasteiger partial charge in [-0.3, -0.25) is 14.9 Å². The van der Waals surface area contributed by atoms with Crippen LogP contribution in [0, 0.1) is 13.7 Å². The summed E-state index contributed by atoms with van der Waals surface area (Å²) in [5.74, 6) is -0.282. The van der Waals surface area contributed by atoms with Gasteiger partial charge in [0.2, 0.25) is 5.91 Å². The van der Waals surface area contributed by atoms with Gasteiger partial charge in [-0.05, 0) is 45.9 Å². The molecule has 0 bridgehead atoms. The highest BCUT2D eigenvalue weighted by atomic mass is 127. The summed E-state index contributed by atoms with van der Waals surface area (Å²) in [6.45, 7) is 0. The number of nitro groups is 1. The summed E-state index contributed by atoms with van der Waals surface area (Å²) in [6, 6.07) is 13.5. The minimum atomic E-state index is -0.477. The van der Waals surface area contributed by atoms with Crippen molar-refractivity contribution in [1.82, 2.24) is 5.43 Å². The third-order valence-electron chi connectivity index (χ3n) is 2.76. The number of nitro benzene ring substituents is 1. The largest absolute Gasteiger partial charge is 0.273 e. The maximum absolute atomic E-state index is 11.7. The van der Waals surface area contributed by atoms with Crippen molar-refractivity contribution in [3.05, 3.63) is 73.3 Å². The van der Waals surface area contributed by atoms with Crippen molar-refractivity contribution in [2.75, 3.05) is 0 Å². The lowest BCUT2D eigenvalue weighted by Gasteiger charge is -2.00. The molecule has 2 aromatic rings. The lowest BCUT2D eigenvalue weighted by Crippen LogP contribution is -2.19. The molecule has 0 aliphatic carbocycles.